The molecule has 0 unspecified atom stereocenters. The maximum Gasteiger partial charge on any atom is 0.261 e. The Bertz CT molecular complexity index is 621. The molecular formula is C22H34N2O4Y-2. The topological polar surface area (TPSA) is 83.6 Å². The molecule has 1 saturated heterocycles. The van der Waals surface area contributed by atoms with E-state index in [1.165, 1.54) is 5.92 Å². The number of carbonyl (C=O) groups excluding carboxylic acids is 4. The van der Waals surface area contributed by atoms with Crippen molar-refractivity contribution in [3.63, 3.8) is 0 Å². The summed E-state index contributed by atoms with van der Waals surface area (Å²) in [5.41, 5.74) is 0.650. The summed E-state index contributed by atoms with van der Waals surface area (Å²) in [6.07, 6.45) is -0.0611. The van der Waals surface area contributed by atoms with Crippen LogP contribution in [0.2, 0.25) is 0 Å². The molecule has 1 aromatic carbocycles. The van der Waals surface area contributed by atoms with E-state index in [0.717, 1.165) is 4.90 Å². The number of piperidine rings is 1. The minimum Gasteiger partial charge on any atom is -0.358 e. The quantitative estimate of drug-likeness (QED) is 0.483. The van der Waals surface area contributed by atoms with Crippen LogP contribution in [0.15, 0.2) is 24.3 Å². The van der Waals surface area contributed by atoms with Crippen molar-refractivity contribution < 1.29 is 51.9 Å². The van der Waals surface area contributed by atoms with E-state index in [4.69, 9.17) is 0 Å². The van der Waals surface area contributed by atoms with Crippen LogP contribution < -0.4 is 5.32 Å². The molecule has 0 saturated carbocycles. The zero-order valence-corrected chi connectivity index (χ0v) is 21.8. The van der Waals surface area contributed by atoms with Crippen LogP contribution in [0.25, 0.3) is 0 Å². The van der Waals surface area contributed by atoms with Crippen LogP contribution in [0, 0.1) is 13.3 Å². The van der Waals surface area contributed by atoms with Gasteiger partial charge >= 0.3 is 0 Å². The van der Waals surface area contributed by atoms with Crippen molar-refractivity contribution >= 4 is 23.6 Å². The molecule has 2 aliphatic rings. The Morgan fingerprint density at radius 1 is 0.828 bits per heavy atom. The zero-order valence-electron chi connectivity index (χ0n) is 19.0. The molecule has 2 heterocycles. The first-order valence-corrected chi connectivity index (χ1v) is 9.37. The number of rotatable bonds is 1. The standard InChI is InChI=1S/C13H10N2O4.C4H9.2C2H6.CH3.Y/c16-10-5-7(6-11(17)14-10)15-12(18)8-3-1-2-4-9(8)13(15)19;1-4(2)3;2*1-2;;/h1-4,7H,5-6H2,(H,14,16,17);1-3H3;2*1-2H3;1H3;/q;-1;;;-1;. The third kappa shape index (κ3) is 9.30. The number of imide groups is 2. The monoisotopic (exact) mass is 479 g/mol. The third-order valence-electron chi connectivity index (χ3n) is 3.31. The molecule has 1 fully saturated rings. The van der Waals surface area contributed by atoms with Gasteiger partial charge in [-0.25, -0.2) is 0 Å². The number of hydrogen-bond donors (Lipinski definition) is 1. The van der Waals surface area contributed by atoms with Crippen molar-refractivity contribution in [1.82, 2.24) is 10.2 Å². The van der Waals surface area contributed by atoms with E-state index in [2.05, 4.69) is 26.1 Å². The van der Waals surface area contributed by atoms with Gasteiger partial charge in [-0.1, -0.05) is 39.8 Å². The maximum absolute atomic E-state index is 12.2. The summed E-state index contributed by atoms with van der Waals surface area (Å²) in [6.45, 7) is 14.3. The SMILES string of the molecule is CC.CC.C[C-](C)C.O=C1CC(N2C(=O)c3ccccc3C2=O)CC(=O)N1.[CH3-].[Y]. The average Bonchev–Trinajstić information content (AvgIpc) is 2.88. The summed E-state index contributed by atoms with van der Waals surface area (Å²) in [5.74, 6) is -0.378. The van der Waals surface area contributed by atoms with Crippen molar-refractivity contribution in [3.8, 4) is 0 Å². The minimum atomic E-state index is -0.686. The number of amides is 4. The van der Waals surface area contributed by atoms with Crippen LogP contribution in [0.5, 0.6) is 0 Å². The number of hydrogen-bond acceptors (Lipinski definition) is 4. The van der Waals surface area contributed by atoms with Crippen LogP contribution in [0.3, 0.4) is 0 Å². The summed E-state index contributed by atoms with van der Waals surface area (Å²) in [4.78, 5) is 48.1. The van der Waals surface area contributed by atoms with E-state index in [1.807, 2.05) is 27.7 Å². The zero-order chi connectivity index (χ0) is 21.1. The number of benzene rings is 1. The number of nitrogens with one attached hydrogen (secondary N) is 1. The van der Waals surface area contributed by atoms with Gasteiger partial charge in [-0.3, -0.25) is 29.4 Å². The molecule has 0 aromatic heterocycles. The van der Waals surface area contributed by atoms with Gasteiger partial charge in [0.15, 0.2) is 0 Å². The molecule has 6 nitrogen and oxygen atoms in total. The fourth-order valence-corrected chi connectivity index (χ4v) is 2.48. The Morgan fingerprint density at radius 2 is 1.14 bits per heavy atom. The fraction of sp³-hybridized carbons (Fsp3) is 0.455. The predicted octanol–water partition coefficient (Wildman–Crippen LogP) is 4.21. The first kappa shape index (κ1) is 32.3. The second-order valence-electron chi connectivity index (χ2n) is 6.06. The summed E-state index contributed by atoms with van der Waals surface area (Å²) >= 11 is 0. The van der Waals surface area contributed by atoms with E-state index in [-0.39, 0.29) is 53.0 Å². The van der Waals surface area contributed by atoms with Gasteiger partial charge in [-0.2, -0.15) is 20.8 Å². The molecule has 4 amide bonds. The molecule has 1 aromatic rings. The van der Waals surface area contributed by atoms with E-state index in [1.54, 1.807) is 24.3 Å². The Kier molecular flexibility index (Phi) is 18.3. The van der Waals surface area contributed by atoms with E-state index in [9.17, 15) is 19.2 Å². The van der Waals surface area contributed by atoms with Crippen LogP contribution >= 0.6 is 0 Å². The number of nitrogens with zero attached hydrogens (tertiary/aromatic N) is 1. The van der Waals surface area contributed by atoms with Crippen LogP contribution in [-0.2, 0) is 42.3 Å². The number of carbonyl (C=O) groups is 4. The smallest absolute Gasteiger partial charge is 0.261 e. The Balaban J connectivity index is -0.000000596. The fourth-order valence-electron chi connectivity index (χ4n) is 2.48. The Morgan fingerprint density at radius 3 is 1.45 bits per heavy atom. The second-order valence-corrected chi connectivity index (χ2v) is 6.06. The molecule has 0 spiro atoms. The van der Waals surface area contributed by atoms with Crippen molar-refractivity contribution in [2.24, 2.45) is 0 Å². The van der Waals surface area contributed by atoms with Crippen molar-refractivity contribution in [1.29, 1.82) is 0 Å². The average molecular weight is 479 g/mol. The van der Waals surface area contributed by atoms with Gasteiger partial charge in [0.2, 0.25) is 11.8 Å². The van der Waals surface area contributed by atoms with Gasteiger partial charge in [0.05, 0.1) is 17.2 Å². The molecule has 161 valence electrons. The molecule has 3 rings (SSSR count). The van der Waals surface area contributed by atoms with E-state index in [0.29, 0.717) is 11.1 Å². The molecule has 29 heavy (non-hydrogen) atoms. The Hall–Kier alpha value is -1.40. The minimum absolute atomic E-state index is 0. The number of fused-ring (bicyclic) bond motifs is 1. The van der Waals surface area contributed by atoms with Crippen molar-refractivity contribution in [2.75, 3.05) is 0 Å². The van der Waals surface area contributed by atoms with Crippen LogP contribution in [-0.4, -0.2) is 34.6 Å². The van der Waals surface area contributed by atoms with E-state index >= 15 is 0 Å². The van der Waals surface area contributed by atoms with Gasteiger partial charge in [0.25, 0.3) is 11.8 Å². The predicted molar refractivity (Wildman–Crippen MR) is 112 cm³/mol. The summed E-state index contributed by atoms with van der Waals surface area (Å²) < 4.78 is 0. The van der Waals surface area contributed by atoms with Gasteiger partial charge < -0.3 is 13.3 Å². The molecule has 0 bridgehead atoms. The second kappa shape index (κ2) is 16.4. The first-order chi connectivity index (χ1) is 12.8. The molecule has 0 atom stereocenters. The van der Waals surface area contributed by atoms with Gasteiger partial charge in [-0.05, 0) is 12.1 Å². The van der Waals surface area contributed by atoms with E-state index < -0.39 is 29.7 Å². The Labute approximate surface area is 201 Å². The van der Waals surface area contributed by atoms with Gasteiger partial charge in [0, 0.05) is 45.6 Å². The molecule has 7 heteroatoms. The first-order valence-electron chi connectivity index (χ1n) is 9.37. The third-order valence-corrected chi connectivity index (χ3v) is 3.31. The molecule has 1 N–H and O–H groups in total. The van der Waals surface area contributed by atoms with Crippen molar-refractivity contribution in [3.05, 3.63) is 48.7 Å². The largest absolute Gasteiger partial charge is 0.358 e. The molecule has 0 aliphatic carbocycles. The van der Waals surface area contributed by atoms with Gasteiger partial charge in [0.1, 0.15) is 0 Å². The molecule has 2 aliphatic heterocycles. The molecular weight excluding hydrogens is 445 g/mol. The molecule has 1 radical (unpaired) electrons. The van der Waals surface area contributed by atoms with Crippen LogP contribution in [0.1, 0.15) is 82.0 Å². The normalized spacial score (nSPS) is 14.6. The summed E-state index contributed by atoms with van der Waals surface area (Å²) in [6, 6.07) is 5.80. The summed E-state index contributed by atoms with van der Waals surface area (Å²) in [7, 11) is 0. The van der Waals surface area contributed by atoms with Crippen molar-refractivity contribution in [2.45, 2.75) is 67.3 Å². The maximum atomic E-state index is 12.2. The van der Waals surface area contributed by atoms with Crippen LogP contribution in [0.4, 0.5) is 0 Å². The van der Waals surface area contributed by atoms with Gasteiger partial charge in [-0.15, -0.1) is 0 Å². The summed E-state index contributed by atoms with van der Waals surface area (Å²) in [5, 5.41) is 2.16.